The first-order valence-corrected chi connectivity index (χ1v) is 8.05. The molecule has 0 radical (unpaired) electrons. The first-order chi connectivity index (χ1) is 10.0. The molecule has 4 nitrogen and oxygen atoms in total. The van der Waals surface area contributed by atoms with Gasteiger partial charge >= 0.3 is 0 Å². The average Bonchev–Trinajstić information content (AvgIpc) is 2.95. The molecule has 2 aliphatic rings. The summed E-state index contributed by atoms with van der Waals surface area (Å²) in [5.74, 6) is 0.530. The number of amides is 1. The molecule has 21 heavy (non-hydrogen) atoms. The number of fused-ring (bicyclic) bond motifs is 1. The van der Waals surface area contributed by atoms with Crippen LogP contribution in [0.15, 0.2) is 22.7 Å². The third kappa shape index (κ3) is 3.27. The first-order valence-electron chi connectivity index (χ1n) is 7.26. The Morgan fingerprint density at radius 3 is 2.95 bits per heavy atom. The summed E-state index contributed by atoms with van der Waals surface area (Å²) in [4.78, 5) is 14.2. The van der Waals surface area contributed by atoms with E-state index in [0.717, 1.165) is 25.9 Å². The van der Waals surface area contributed by atoms with E-state index in [0.29, 0.717) is 22.9 Å². The fraction of sp³-hybridized carbons (Fsp3) is 0.533. The summed E-state index contributed by atoms with van der Waals surface area (Å²) >= 11 is 3.19. The standard InChI is InChI=1S/C15H19BrFN3O/c16-10-2-4-14(12(17)5-10)19-15(21)8-20-6-9-1-3-13(18)11(9)7-20/h2,4-5,9,11,13H,1,3,6-8,18H2,(H,19,21). The number of nitrogens with two attached hydrogens (primary N) is 1. The van der Waals surface area contributed by atoms with Gasteiger partial charge in [-0.25, -0.2) is 4.39 Å². The molecule has 1 aliphatic heterocycles. The molecule has 1 heterocycles. The highest BCUT2D eigenvalue weighted by molar-refractivity contribution is 9.10. The summed E-state index contributed by atoms with van der Waals surface area (Å²) in [5.41, 5.74) is 6.31. The van der Waals surface area contributed by atoms with Crippen molar-refractivity contribution in [3.05, 3.63) is 28.5 Å². The van der Waals surface area contributed by atoms with E-state index in [4.69, 9.17) is 5.73 Å². The number of benzene rings is 1. The van der Waals surface area contributed by atoms with E-state index in [1.165, 1.54) is 6.07 Å². The van der Waals surface area contributed by atoms with Crippen molar-refractivity contribution in [1.82, 2.24) is 4.90 Å². The van der Waals surface area contributed by atoms with Gasteiger partial charge in [0, 0.05) is 23.6 Å². The van der Waals surface area contributed by atoms with Gasteiger partial charge in [0.05, 0.1) is 12.2 Å². The predicted molar refractivity (Wildman–Crippen MR) is 83.4 cm³/mol. The van der Waals surface area contributed by atoms with Gasteiger partial charge in [-0.05, 0) is 42.9 Å². The lowest BCUT2D eigenvalue weighted by atomic mass is 9.98. The van der Waals surface area contributed by atoms with Crippen molar-refractivity contribution < 1.29 is 9.18 Å². The van der Waals surface area contributed by atoms with Crippen molar-refractivity contribution >= 4 is 27.5 Å². The Labute approximate surface area is 132 Å². The number of hydrogen-bond donors (Lipinski definition) is 2. The second kappa shape index (κ2) is 6.02. The lowest BCUT2D eigenvalue weighted by molar-refractivity contribution is -0.117. The van der Waals surface area contributed by atoms with Crippen LogP contribution in [0.3, 0.4) is 0 Å². The number of rotatable bonds is 3. The number of anilines is 1. The zero-order valence-corrected chi connectivity index (χ0v) is 13.3. The molecule has 1 saturated heterocycles. The molecule has 1 saturated carbocycles. The van der Waals surface area contributed by atoms with Crippen molar-refractivity contribution in [3.8, 4) is 0 Å². The van der Waals surface area contributed by atoms with Gasteiger partial charge in [0.25, 0.3) is 0 Å². The van der Waals surface area contributed by atoms with E-state index in [1.807, 2.05) is 0 Å². The molecule has 0 aromatic heterocycles. The number of halogens is 2. The van der Waals surface area contributed by atoms with Crippen LogP contribution in [0.25, 0.3) is 0 Å². The van der Waals surface area contributed by atoms with Crippen LogP contribution in [0, 0.1) is 17.7 Å². The Kier molecular flexibility index (Phi) is 4.28. The number of carbonyl (C=O) groups is 1. The van der Waals surface area contributed by atoms with Gasteiger partial charge in [-0.3, -0.25) is 9.69 Å². The van der Waals surface area contributed by atoms with Crippen molar-refractivity contribution in [2.45, 2.75) is 18.9 Å². The molecule has 2 fully saturated rings. The Morgan fingerprint density at radius 2 is 2.24 bits per heavy atom. The maximum absolute atomic E-state index is 13.7. The van der Waals surface area contributed by atoms with Crippen molar-refractivity contribution in [3.63, 3.8) is 0 Å². The largest absolute Gasteiger partial charge is 0.327 e. The quantitative estimate of drug-likeness (QED) is 0.873. The van der Waals surface area contributed by atoms with E-state index in [1.54, 1.807) is 12.1 Å². The Balaban J connectivity index is 1.55. The molecule has 1 aromatic rings. The van der Waals surface area contributed by atoms with Gasteiger partial charge in [0.1, 0.15) is 5.82 Å². The Hall–Kier alpha value is -0.980. The highest BCUT2D eigenvalue weighted by Gasteiger charge is 2.41. The van der Waals surface area contributed by atoms with E-state index in [9.17, 15) is 9.18 Å². The van der Waals surface area contributed by atoms with Crippen LogP contribution < -0.4 is 11.1 Å². The van der Waals surface area contributed by atoms with Crippen LogP contribution in [-0.2, 0) is 4.79 Å². The summed E-state index contributed by atoms with van der Waals surface area (Å²) < 4.78 is 14.3. The van der Waals surface area contributed by atoms with E-state index >= 15 is 0 Å². The first kappa shape index (κ1) is 14.9. The van der Waals surface area contributed by atoms with Crippen LogP contribution in [-0.4, -0.2) is 36.5 Å². The maximum atomic E-state index is 13.7. The summed E-state index contributed by atoms with van der Waals surface area (Å²) in [6.45, 7) is 2.10. The molecule has 3 unspecified atom stereocenters. The molecule has 1 aliphatic carbocycles. The third-order valence-corrected chi connectivity index (χ3v) is 5.05. The molecule has 0 spiro atoms. The normalized spacial score (nSPS) is 28.6. The fourth-order valence-corrected chi connectivity index (χ4v) is 3.85. The van der Waals surface area contributed by atoms with Crippen LogP contribution >= 0.6 is 15.9 Å². The van der Waals surface area contributed by atoms with Gasteiger partial charge in [0.15, 0.2) is 0 Å². The number of hydrogen-bond acceptors (Lipinski definition) is 3. The van der Waals surface area contributed by atoms with E-state index in [-0.39, 0.29) is 17.6 Å². The SMILES string of the molecule is NC1CCC2CN(CC(=O)Nc3ccc(Br)cc3F)CC12. The molecule has 0 bridgehead atoms. The maximum Gasteiger partial charge on any atom is 0.238 e. The van der Waals surface area contributed by atoms with E-state index < -0.39 is 5.82 Å². The molecule has 1 aromatic carbocycles. The number of likely N-dealkylation sites (tertiary alicyclic amines) is 1. The summed E-state index contributed by atoms with van der Waals surface area (Å²) in [6.07, 6.45) is 2.25. The monoisotopic (exact) mass is 355 g/mol. The van der Waals surface area contributed by atoms with Crippen molar-refractivity contribution in [2.24, 2.45) is 17.6 Å². The van der Waals surface area contributed by atoms with E-state index in [2.05, 4.69) is 26.1 Å². The zero-order valence-electron chi connectivity index (χ0n) is 11.7. The summed E-state index contributed by atoms with van der Waals surface area (Å²) in [6, 6.07) is 4.88. The third-order valence-electron chi connectivity index (χ3n) is 4.56. The highest BCUT2D eigenvalue weighted by atomic mass is 79.9. The lowest BCUT2D eigenvalue weighted by Gasteiger charge is -2.18. The molecule has 1 amide bonds. The smallest absolute Gasteiger partial charge is 0.238 e. The molecular weight excluding hydrogens is 337 g/mol. The van der Waals surface area contributed by atoms with Crippen LogP contribution in [0.5, 0.6) is 0 Å². The van der Waals surface area contributed by atoms with Gasteiger partial charge in [0.2, 0.25) is 5.91 Å². The fourth-order valence-electron chi connectivity index (χ4n) is 3.51. The topological polar surface area (TPSA) is 58.4 Å². The molecule has 3 atom stereocenters. The predicted octanol–water partition coefficient (Wildman–Crippen LogP) is 2.20. The van der Waals surface area contributed by atoms with Crippen LogP contribution in [0.4, 0.5) is 10.1 Å². The van der Waals surface area contributed by atoms with Crippen LogP contribution in [0.1, 0.15) is 12.8 Å². The molecular formula is C15H19BrFN3O. The molecule has 3 N–H and O–H groups in total. The Bertz CT molecular complexity index is 554. The lowest BCUT2D eigenvalue weighted by Crippen LogP contribution is -2.34. The van der Waals surface area contributed by atoms with Gasteiger partial charge in [-0.1, -0.05) is 15.9 Å². The number of nitrogens with one attached hydrogen (secondary N) is 1. The number of nitrogens with zero attached hydrogens (tertiary/aromatic N) is 1. The molecule has 3 rings (SSSR count). The Morgan fingerprint density at radius 1 is 1.43 bits per heavy atom. The van der Waals surface area contributed by atoms with Crippen molar-refractivity contribution in [2.75, 3.05) is 25.0 Å². The second-order valence-corrected chi connectivity index (χ2v) is 6.95. The number of carbonyl (C=O) groups excluding carboxylic acids is 1. The summed E-state index contributed by atoms with van der Waals surface area (Å²) in [5, 5.41) is 2.63. The second-order valence-electron chi connectivity index (χ2n) is 6.03. The minimum atomic E-state index is -0.432. The highest BCUT2D eigenvalue weighted by Crippen LogP contribution is 2.36. The minimum Gasteiger partial charge on any atom is -0.327 e. The summed E-state index contributed by atoms with van der Waals surface area (Å²) in [7, 11) is 0. The van der Waals surface area contributed by atoms with Gasteiger partial charge in [-0.15, -0.1) is 0 Å². The van der Waals surface area contributed by atoms with Gasteiger partial charge < -0.3 is 11.1 Å². The van der Waals surface area contributed by atoms with Crippen molar-refractivity contribution in [1.29, 1.82) is 0 Å². The van der Waals surface area contributed by atoms with Gasteiger partial charge in [-0.2, -0.15) is 0 Å². The van der Waals surface area contributed by atoms with Crippen LogP contribution in [0.2, 0.25) is 0 Å². The molecule has 114 valence electrons. The minimum absolute atomic E-state index is 0.176. The molecule has 6 heteroatoms. The zero-order chi connectivity index (χ0) is 15.0. The average molecular weight is 356 g/mol.